The van der Waals surface area contributed by atoms with Crippen molar-refractivity contribution >= 4 is 21.9 Å². The first kappa shape index (κ1) is 23.4. The topological polar surface area (TPSA) is 92.8 Å². The van der Waals surface area contributed by atoms with Gasteiger partial charge in [0.15, 0.2) is 6.61 Å². The maximum atomic E-state index is 13.2. The van der Waals surface area contributed by atoms with E-state index in [4.69, 9.17) is 4.74 Å². The highest BCUT2D eigenvalue weighted by Gasteiger charge is 2.29. The Hall–Kier alpha value is -2.71. The third-order valence-electron chi connectivity index (χ3n) is 6.36. The first-order valence-corrected chi connectivity index (χ1v) is 13.0. The summed E-state index contributed by atoms with van der Waals surface area (Å²) in [6.45, 7) is 0.305. The summed E-state index contributed by atoms with van der Waals surface area (Å²) in [4.78, 5) is 24.7. The molecular weight excluding hydrogens is 440 g/mol. The van der Waals surface area contributed by atoms with Gasteiger partial charge in [-0.25, -0.2) is 13.2 Å². The van der Waals surface area contributed by atoms with Crippen LogP contribution in [-0.4, -0.2) is 43.8 Å². The summed E-state index contributed by atoms with van der Waals surface area (Å²) in [5.74, 6) is -1.04. The number of carbonyl (C=O) groups excluding carboxylic acids is 2. The molecular formula is C25H30N2O5S. The molecule has 0 unspecified atom stereocenters. The monoisotopic (exact) mass is 470 g/mol. The van der Waals surface area contributed by atoms with Gasteiger partial charge in [-0.15, -0.1) is 0 Å². The molecule has 2 aromatic rings. The molecule has 0 spiro atoms. The van der Waals surface area contributed by atoms with Crippen LogP contribution < -0.4 is 5.32 Å². The Labute approximate surface area is 195 Å². The average molecular weight is 471 g/mol. The van der Waals surface area contributed by atoms with Crippen molar-refractivity contribution in [2.45, 2.75) is 62.4 Å². The van der Waals surface area contributed by atoms with E-state index in [9.17, 15) is 18.0 Å². The molecule has 1 aliphatic heterocycles. The maximum Gasteiger partial charge on any atom is 0.338 e. The van der Waals surface area contributed by atoms with Crippen molar-refractivity contribution in [3.63, 3.8) is 0 Å². The minimum absolute atomic E-state index is 0.0410. The summed E-state index contributed by atoms with van der Waals surface area (Å²) in [6.07, 6.45) is 7.09. The minimum Gasteiger partial charge on any atom is -0.452 e. The molecule has 1 heterocycles. The van der Waals surface area contributed by atoms with Crippen LogP contribution in [-0.2, 0) is 32.5 Å². The summed E-state index contributed by atoms with van der Waals surface area (Å²) in [7, 11) is -3.77. The summed E-state index contributed by atoms with van der Waals surface area (Å²) >= 11 is 0. The first-order chi connectivity index (χ1) is 15.9. The SMILES string of the molecule is O=C(COC(=O)c1cccc(S(=O)(=O)N2CCc3ccccc3C2)c1)NC1CCCCCC1. The number of ether oxygens (including phenoxy) is 1. The first-order valence-electron chi connectivity index (χ1n) is 11.6. The second-order valence-electron chi connectivity index (χ2n) is 8.72. The predicted octanol–water partition coefficient (Wildman–Crippen LogP) is 3.43. The van der Waals surface area contributed by atoms with Crippen molar-refractivity contribution in [2.24, 2.45) is 0 Å². The molecule has 33 heavy (non-hydrogen) atoms. The molecule has 1 amide bonds. The van der Waals surface area contributed by atoms with Crippen LogP contribution in [0.3, 0.4) is 0 Å². The number of nitrogens with one attached hydrogen (secondary N) is 1. The third kappa shape index (κ3) is 5.81. The highest BCUT2D eigenvalue weighted by molar-refractivity contribution is 7.89. The molecule has 0 radical (unpaired) electrons. The van der Waals surface area contributed by atoms with Gasteiger partial charge in [0, 0.05) is 19.1 Å². The molecule has 7 nitrogen and oxygen atoms in total. The van der Waals surface area contributed by atoms with Crippen LogP contribution in [0.15, 0.2) is 53.4 Å². The second kappa shape index (κ2) is 10.5. The fourth-order valence-corrected chi connectivity index (χ4v) is 5.98. The van der Waals surface area contributed by atoms with Crippen molar-refractivity contribution in [3.05, 3.63) is 65.2 Å². The summed E-state index contributed by atoms with van der Waals surface area (Å²) < 4.78 is 33.0. The van der Waals surface area contributed by atoms with E-state index in [1.54, 1.807) is 0 Å². The standard InChI is InChI=1S/C25H30N2O5S/c28-24(26-22-11-3-1-2-4-12-22)18-32-25(29)20-10-7-13-23(16-20)33(30,31)27-15-14-19-8-5-6-9-21(19)17-27/h5-10,13,16,22H,1-4,11-12,14-15,17-18H2,(H,26,28). The molecule has 2 aromatic carbocycles. The Kier molecular flexibility index (Phi) is 7.45. The molecule has 4 rings (SSSR count). The van der Waals surface area contributed by atoms with E-state index in [-0.39, 0.29) is 29.0 Å². The average Bonchev–Trinajstić information content (AvgIpc) is 3.11. The number of sulfonamides is 1. The van der Waals surface area contributed by atoms with Gasteiger partial charge in [0.1, 0.15) is 0 Å². The number of amides is 1. The summed E-state index contributed by atoms with van der Waals surface area (Å²) in [5.41, 5.74) is 2.25. The van der Waals surface area contributed by atoms with Gasteiger partial charge in [-0.2, -0.15) is 4.31 Å². The van der Waals surface area contributed by atoms with E-state index in [1.165, 1.54) is 41.4 Å². The van der Waals surface area contributed by atoms with Crippen LogP contribution in [0.1, 0.15) is 60.0 Å². The second-order valence-corrected chi connectivity index (χ2v) is 10.7. The van der Waals surface area contributed by atoms with Crippen LogP contribution in [0.25, 0.3) is 0 Å². The lowest BCUT2D eigenvalue weighted by Crippen LogP contribution is -2.37. The molecule has 1 N–H and O–H groups in total. The zero-order chi connectivity index (χ0) is 23.3. The highest BCUT2D eigenvalue weighted by atomic mass is 32.2. The fourth-order valence-electron chi connectivity index (χ4n) is 4.52. The molecule has 0 bridgehead atoms. The lowest BCUT2D eigenvalue weighted by Gasteiger charge is -2.28. The zero-order valence-electron chi connectivity index (χ0n) is 18.7. The third-order valence-corrected chi connectivity index (χ3v) is 8.20. The van der Waals surface area contributed by atoms with E-state index in [0.29, 0.717) is 19.5 Å². The number of hydrogen-bond acceptors (Lipinski definition) is 5. The number of carbonyl (C=O) groups is 2. The number of fused-ring (bicyclic) bond motifs is 1. The van der Waals surface area contributed by atoms with Crippen molar-refractivity contribution in [3.8, 4) is 0 Å². The van der Waals surface area contributed by atoms with Crippen LogP contribution in [0, 0.1) is 0 Å². The van der Waals surface area contributed by atoms with Gasteiger partial charge in [0.05, 0.1) is 10.5 Å². The van der Waals surface area contributed by atoms with Crippen molar-refractivity contribution < 1.29 is 22.7 Å². The van der Waals surface area contributed by atoms with Crippen LogP contribution in [0.2, 0.25) is 0 Å². The highest BCUT2D eigenvalue weighted by Crippen LogP contribution is 2.25. The Morgan fingerprint density at radius 3 is 2.45 bits per heavy atom. The van der Waals surface area contributed by atoms with Gasteiger partial charge in [-0.1, -0.05) is 56.0 Å². The van der Waals surface area contributed by atoms with Gasteiger partial charge in [0.25, 0.3) is 5.91 Å². The molecule has 1 fully saturated rings. The largest absolute Gasteiger partial charge is 0.452 e. The molecule has 0 atom stereocenters. The van der Waals surface area contributed by atoms with Gasteiger partial charge in [-0.05, 0) is 48.6 Å². The van der Waals surface area contributed by atoms with Gasteiger partial charge in [0.2, 0.25) is 10.0 Å². The molecule has 176 valence electrons. The van der Waals surface area contributed by atoms with E-state index in [2.05, 4.69) is 5.32 Å². The summed E-state index contributed by atoms with van der Waals surface area (Å²) in [5, 5.41) is 2.93. The Morgan fingerprint density at radius 1 is 0.970 bits per heavy atom. The Balaban J connectivity index is 1.37. The fraction of sp³-hybridized carbons (Fsp3) is 0.440. The van der Waals surface area contributed by atoms with E-state index < -0.39 is 16.0 Å². The number of nitrogens with zero attached hydrogens (tertiary/aromatic N) is 1. The van der Waals surface area contributed by atoms with E-state index in [0.717, 1.165) is 36.8 Å². The summed E-state index contributed by atoms with van der Waals surface area (Å²) in [6, 6.07) is 13.7. The minimum atomic E-state index is -3.77. The number of hydrogen-bond donors (Lipinski definition) is 1. The van der Waals surface area contributed by atoms with Crippen LogP contribution in [0.5, 0.6) is 0 Å². The predicted molar refractivity (Wildman–Crippen MR) is 124 cm³/mol. The van der Waals surface area contributed by atoms with Crippen LogP contribution >= 0.6 is 0 Å². The number of benzene rings is 2. The number of rotatable bonds is 6. The van der Waals surface area contributed by atoms with Gasteiger partial charge in [-0.3, -0.25) is 4.79 Å². The van der Waals surface area contributed by atoms with Crippen molar-refractivity contribution in [1.82, 2.24) is 9.62 Å². The van der Waals surface area contributed by atoms with E-state index in [1.807, 2.05) is 24.3 Å². The van der Waals surface area contributed by atoms with Crippen molar-refractivity contribution in [2.75, 3.05) is 13.2 Å². The Morgan fingerprint density at radius 2 is 1.70 bits per heavy atom. The normalized spacial score (nSPS) is 17.6. The van der Waals surface area contributed by atoms with E-state index >= 15 is 0 Å². The van der Waals surface area contributed by atoms with Gasteiger partial charge >= 0.3 is 5.97 Å². The molecule has 0 aromatic heterocycles. The lowest BCUT2D eigenvalue weighted by molar-refractivity contribution is -0.125. The number of esters is 1. The molecule has 2 aliphatic rings. The zero-order valence-corrected chi connectivity index (χ0v) is 19.5. The molecule has 1 aliphatic carbocycles. The van der Waals surface area contributed by atoms with Crippen LogP contribution in [0.4, 0.5) is 0 Å². The quantitative estimate of drug-likeness (QED) is 0.516. The molecule has 8 heteroatoms. The Bertz CT molecular complexity index is 1110. The van der Waals surface area contributed by atoms with Gasteiger partial charge < -0.3 is 10.1 Å². The lowest BCUT2D eigenvalue weighted by atomic mass is 10.0. The molecule has 1 saturated carbocycles. The smallest absolute Gasteiger partial charge is 0.338 e. The van der Waals surface area contributed by atoms with Crippen molar-refractivity contribution in [1.29, 1.82) is 0 Å². The maximum absolute atomic E-state index is 13.2. The molecule has 0 saturated heterocycles.